The third kappa shape index (κ3) is 6.23. The van der Waals surface area contributed by atoms with Crippen LogP contribution in [0.15, 0.2) is 0 Å². The summed E-state index contributed by atoms with van der Waals surface area (Å²) in [4.78, 5) is 0. The van der Waals surface area contributed by atoms with E-state index in [4.69, 9.17) is 0 Å². The van der Waals surface area contributed by atoms with Crippen molar-refractivity contribution in [2.45, 2.75) is 12.1 Å². The molecule has 0 saturated carbocycles. The van der Waals surface area contributed by atoms with Gasteiger partial charge in [0.05, 0.1) is 0 Å². The van der Waals surface area contributed by atoms with Gasteiger partial charge in [0.1, 0.15) is 0 Å². The molecule has 6 heavy (non-hydrogen) atoms. The molecular formula is C2H10As4. The zero-order valence-electron chi connectivity index (χ0n) is 3.81. The third-order valence-electron chi connectivity index (χ3n) is 0.341. The van der Waals surface area contributed by atoms with E-state index in [0.29, 0.717) is 13.7 Å². The molecule has 0 aliphatic rings. The molecule has 0 saturated heterocycles. The summed E-state index contributed by atoms with van der Waals surface area (Å²) >= 11 is 4.84. The molecule has 0 radical (unpaired) electrons. The van der Waals surface area contributed by atoms with E-state index in [1.807, 2.05) is 0 Å². The summed E-state index contributed by atoms with van der Waals surface area (Å²) in [7, 11) is 0.0260. The predicted octanol–water partition coefficient (Wildman–Crippen LogP) is -1.89. The predicted molar refractivity (Wildman–Crippen MR) is 40.5 cm³/mol. The SMILES string of the molecule is CC[AsH][As]([AsH2])[AsH2]. The molecule has 0 aromatic rings. The quantitative estimate of drug-likeness (QED) is 0.519. The maximum atomic E-state index is 2.33. The Kier molecular flexibility index (Phi) is 7.37. The van der Waals surface area contributed by atoms with E-state index in [1.165, 1.54) is 0 Å². The second-order valence-electron chi connectivity index (χ2n) is 0.919. The zero-order chi connectivity index (χ0) is 4.99. The van der Waals surface area contributed by atoms with Gasteiger partial charge < -0.3 is 0 Å². The van der Waals surface area contributed by atoms with Gasteiger partial charge in [-0.1, -0.05) is 0 Å². The molecule has 0 spiro atoms. The van der Waals surface area contributed by atoms with Gasteiger partial charge in [-0.25, -0.2) is 0 Å². The van der Waals surface area contributed by atoms with Crippen molar-refractivity contribution in [3.05, 3.63) is 0 Å². The Balaban J connectivity index is 2.63. The van der Waals surface area contributed by atoms with Crippen LogP contribution in [0.1, 0.15) is 6.92 Å². The van der Waals surface area contributed by atoms with Gasteiger partial charge in [0.25, 0.3) is 0 Å². The van der Waals surface area contributed by atoms with E-state index in [0.717, 1.165) is 0 Å². The Labute approximate surface area is 63.0 Å². The monoisotopic (exact) mass is 334 g/mol. The van der Waals surface area contributed by atoms with E-state index in [-0.39, 0.29) is 8.45 Å². The third-order valence-corrected chi connectivity index (χ3v) is 29.9. The molecule has 0 aromatic heterocycles. The van der Waals surface area contributed by atoms with Crippen LogP contribution in [0.25, 0.3) is 0 Å². The van der Waals surface area contributed by atoms with Crippen LogP contribution < -0.4 is 0 Å². The first-order valence-electron chi connectivity index (χ1n) is 1.80. The van der Waals surface area contributed by atoms with E-state index in [2.05, 4.69) is 36.5 Å². The molecule has 0 aromatic carbocycles. The van der Waals surface area contributed by atoms with Gasteiger partial charge in [-0.05, 0) is 0 Å². The molecule has 3 atom stereocenters. The molecular weight excluding hydrogens is 324 g/mol. The summed E-state index contributed by atoms with van der Waals surface area (Å²) in [6.07, 6.45) is 0. The van der Waals surface area contributed by atoms with Crippen LogP contribution in [0.3, 0.4) is 0 Å². The van der Waals surface area contributed by atoms with Crippen molar-refractivity contribution in [2.24, 2.45) is 0 Å². The fourth-order valence-electron chi connectivity index (χ4n) is 0.183. The number of hydrogen-bond donors (Lipinski definition) is 0. The normalized spacial score (nSPS) is 12.0. The molecule has 0 aliphatic carbocycles. The van der Waals surface area contributed by atoms with Gasteiger partial charge in [0, 0.05) is 0 Å². The van der Waals surface area contributed by atoms with Gasteiger partial charge in [-0.3, -0.25) is 0 Å². The molecule has 0 amide bonds. The molecule has 4 heteroatoms. The van der Waals surface area contributed by atoms with Gasteiger partial charge in [-0.15, -0.1) is 0 Å². The summed E-state index contributed by atoms with van der Waals surface area (Å²) in [5.74, 6) is 0. The van der Waals surface area contributed by atoms with Crippen molar-refractivity contribution in [3.8, 4) is 0 Å². The Morgan fingerprint density at radius 2 is 2.17 bits per heavy atom. The first kappa shape index (κ1) is 8.23. The summed E-state index contributed by atoms with van der Waals surface area (Å²) in [5, 5.41) is 1.55. The fourth-order valence-corrected chi connectivity index (χ4v) is 25.6. The molecule has 0 nitrogen and oxygen atoms in total. The Bertz CT molecular complexity index is 26.7. The first-order valence-corrected chi connectivity index (χ1v) is 22.5. The van der Waals surface area contributed by atoms with E-state index < -0.39 is 0 Å². The molecule has 0 aliphatic heterocycles. The average molecular weight is 334 g/mol. The minimum absolute atomic E-state index is 0.0260. The van der Waals surface area contributed by atoms with Crippen molar-refractivity contribution in [3.63, 3.8) is 0 Å². The average Bonchev–Trinajstić information content (AvgIpc) is 1.35. The summed E-state index contributed by atoms with van der Waals surface area (Å²) in [6.45, 7) is 2.33. The first-order chi connectivity index (χ1) is 2.77. The van der Waals surface area contributed by atoms with Crippen LogP contribution in [0, 0.1) is 0 Å². The van der Waals surface area contributed by atoms with Gasteiger partial charge in [0.15, 0.2) is 0 Å². The van der Waals surface area contributed by atoms with Crippen LogP contribution in [0.2, 0.25) is 5.21 Å². The van der Waals surface area contributed by atoms with Crippen molar-refractivity contribution in [1.29, 1.82) is 0 Å². The second-order valence-corrected chi connectivity index (χ2v) is 63.2. The summed E-state index contributed by atoms with van der Waals surface area (Å²) in [6, 6.07) is 0. The Morgan fingerprint density at radius 3 is 2.17 bits per heavy atom. The summed E-state index contributed by atoms with van der Waals surface area (Å²) in [5.41, 5.74) is 0. The van der Waals surface area contributed by atoms with Crippen LogP contribution in [-0.4, -0.2) is 51.7 Å². The standard InChI is InChI=1S/C2H10As4/c1-2-5-6(3)4/h5H,2-4H2,1H3. The minimum atomic E-state index is 0.0260. The van der Waals surface area contributed by atoms with E-state index in [9.17, 15) is 0 Å². The van der Waals surface area contributed by atoms with Crippen molar-refractivity contribution in [2.75, 3.05) is 0 Å². The molecule has 0 rings (SSSR count). The molecule has 38 valence electrons. The second kappa shape index (κ2) is 5.37. The van der Waals surface area contributed by atoms with Crippen LogP contribution in [0.4, 0.5) is 0 Å². The van der Waals surface area contributed by atoms with Crippen LogP contribution in [-0.2, 0) is 0 Å². The van der Waals surface area contributed by atoms with E-state index >= 15 is 0 Å². The van der Waals surface area contributed by atoms with Gasteiger partial charge in [0.2, 0.25) is 0 Å². The summed E-state index contributed by atoms with van der Waals surface area (Å²) < 4.78 is 0. The van der Waals surface area contributed by atoms with Crippen LogP contribution in [0.5, 0.6) is 0 Å². The fraction of sp³-hybridized carbons (Fsp3) is 1.00. The van der Waals surface area contributed by atoms with E-state index in [1.54, 1.807) is 5.21 Å². The molecule has 0 bridgehead atoms. The molecule has 0 heterocycles. The Hall–Kier alpha value is 2.23. The van der Waals surface area contributed by atoms with Crippen molar-refractivity contribution in [1.82, 2.24) is 0 Å². The van der Waals surface area contributed by atoms with Crippen molar-refractivity contribution >= 4 is 51.7 Å². The zero-order valence-corrected chi connectivity index (χ0v) is 12.6. The number of rotatable bonds is 2. The maximum absolute atomic E-state index is 2.33. The number of hydrogen-bond acceptors (Lipinski definition) is 0. The Morgan fingerprint density at radius 1 is 1.67 bits per heavy atom. The van der Waals surface area contributed by atoms with Crippen LogP contribution >= 0.6 is 0 Å². The van der Waals surface area contributed by atoms with Gasteiger partial charge >= 0.3 is 63.8 Å². The van der Waals surface area contributed by atoms with Gasteiger partial charge in [-0.2, -0.15) is 0 Å². The van der Waals surface area contributed by atoms with Crippen molar-refractivity contribution < 1.29 is 0 Å². The molecule has 0 N–H and O–H groups in total. The molecule has 0 fully saturated rings. The molecule has 3 unspecified atom stereocenters. The topological polar surface area (TPSA) is 0 Å².